The number of halogens is 1. The van der Waals surface area contributed by atoms with Crippen LogP contribution in [0.4, 0.5) is 0 Å². The van der Waals surface area contributed by atoms with Gasteiger partial charge in [-0.05, 0) is 19.8 Å². The topological polar surface area (TPSA) is 313 Å². The van der Waals surface area contributed by atoms with Crippen LogP contribution in [0.25, 0.3) is 0 Å². The average molecular weight is 807 g/mol. The van der Waals surface area contributed by atoms with Crippen LogP contribution >= 0.6 is 11.6 Å². The lowest BCUT2D eigenvalue weighted by atomic mass is 9.96. The van der Waals surface area contributed by atoms with Crippen LogP contribution in [0, 0.1) is 0 Å². The van der Waals surface area contributed by atoms with E-state index in [9.17, 15) is 60.0 Å². The van der Waals surface area contributed by atoms with Crippen molar-refractivity contribution in [1.29, 1.82) is 0 Å². The van der Waals surface area contributed by atoms with Crippen molar-refractivity contribution >= 4 is 35.3 Å². The Hall–Kier alpha value is -2.19. The largest absolute Gasteiger partial charge is 0.469 e. The number of methoxy groups -OCH3 is 1. The Morgan fingerprint density at radius 3 is 1.74 bits per heavy atom. The number of aliphatic hydroxyl groups is 8. The molecule has 0 aromatic heterocycles. The Bertz CT molecular complexity index is 1190. The molecular weight excluding hydrogens is 756 g/mol. The minimum Gasteiger partial charge on any atom is -0.469 e. The Balaban J connectivity index is 2.01. The molecule has 54 heavy (non-hydrogen) atoms. The van der Waals surface area contributed by atoms with Gasteiger partial charge in [-0.1, -0.05) is 6.42 Å². The number of Topliss-reactive ketones (excluding diaryl/α,β-unsaturated/α-hetero) is 1. The fourth-order valence-corrected chi connectivity index (χ4v) is 5.88. The highest BCUT2D eigenvalue weighted by Crippen LogP contribution is 2.34. The zero-order valence-corrected chi connectivity index (χ0v) is 30.5. The molecule has 3 heterocycles. The molecule has 21 nitrogen and oxygen atoms in total. The molecule has 3 aliphatic heterocycles. The number of unbranched alkanes of at least 4 members (excludes halogenated alkanes) is 2. The van der Waals surface area contributed by atoms with Gasteiger partial charge in [0.1, 0.15) is 72.7 Å². The van der Waals surface area contributed by atoms with E-state index in [-0.39, 0.29) is 25.2 Å². The standard InChI is InChI=1S/C32H51ClO21/c1-14(36)7-8-19(38)52-27-17(13-48-30-25(44)23(42)21(40)15(11-34)49-30)51-32(47-9-5-3-4-6-18(37)46-2)29(53-20(39)10-33)28(27)54-31-26(45)24(43)22(41)16(12-35)50-31/h15-17,21-32,34-35,40-45H,3-13H2,1-2H3/t15-,16-,17-,21-,22+,23+,24+,25-,26-,27+,28+,29-,30+,31-,32-/m1/s1. The van der Waals surface area contributed by atoms with Gasteiger partial charge < -0.3 is 88.3 Å². The van der Waals surface area contributed by atoms with Crippen molar-refractivity contribution in [3.8, 4) is 0 Å². The predicted octanol–water partition coefficient (Wildman–Crippen LogP) is -4.11. The summed E-state index contributed by atoms with van der Waals surface area (Å²) in [5.74, 6) is -3.52. The minimum atomic E-state index is -2.00. The van der Waals surface area contributed by atoms with Gasteiger partial charge in [-0.25, -0.2) is 0 Å². The summed E-state index contributed by atoms with van der Waals surface area (Å²) in [6.07, 6.45) is -25.2. The minimum absolute atomic E-state index is 0.0864. The molecule has 3 fully saturated rings. The van der Waals surface area contributed by atoms with Crippen molar-refractivity contribution in [2.45, 2.75) is 138 Å². The van der Waals surface area contributed by atoms with Crippen LogP contribution < -0.4 is 0 Å². The second kappa shape index (κ2) is 22.5. The van der Waals surface area contributed by atoms with E-state index in [1.807, 2.05) is 0 Å². The lowest BCUT2D eigenvalue weighted by Crippen LogP contribution is -2.66. The number of ketones is 1. The Morgan fingerprint density at radius 1 is 0.593 bits per heavy atom. The third-order valence-electron chi connectivity index (χ3n) is 8.86. The third kappa shape index (κ3) is 12.7. The number of hydrogen-bond acceptors (Lipinski definition) is 21. The maximum absolute atomic E-state index is 13.1. The second-order valence-electron chi connectivity index (χ2n) is 12.9. The van der Waals surface area contributed by atoms with Crippen molar-refractivity contribution in [2.75, 3.05) is 39.4 Å². The molecule has 22 heteroatoms. The zero-order valence-electron chi connectivity index (χ0n) is 29.7. The van der Waals surface area contributed by atoms with Gasteiger partial charge in [-0.15, -0.1) is 11.6 Å². The molecule has 0 bridgehead atoms. The second-order valence-corrected chi connectivity index (χ2v) is 13.1. The Labute approximate surface area is 314 Å². The van der Waals surface area contributed by atoms with E-state index in [2.05, 4.69) is 4.74 Å². The number of carbonyl (C=O) groups is 4. The van der Waals surface area contributed by atoms with E-state index in [1.54, 1.807) is 0 Å². The van der Waals surface area contributed by atoms with Crippen LogP contribution in [0.1, 0.15) is 45.4 Å². The molecule has 0 aromatic rings. The van der Waals surface area contributed by atoms with Crippen LogP contribution in [-0.2, 0) is 61.8 Å². The highest BCUT2D eigenvalue weighted by molar-refractivity contribution is 6.26. The Morgan fingerprint density at radius 2 is 1.17 bits per heavy atom. The van der Waals surface area contributed by atoms with Gasteiger partial charge >= 0.3 is 17.9 Å². The van der Waals surface area contributed by atoms with Crippen LogP contribution in [0.3, 0.4) is 0 Å². The zero-order chi connectivity index (χ0) is 40.1. The maximum atomic E-state index is 13.1. The van der Waals surface area contributed by atoms with Crippen LogP contribution in [-0.4, -0.2) is 196 Å². The normalized spacial score (nSPS) is 37.0. The molecule has 312 valence electrons. The van der Waals surface area contributed by atoms with Gasteiger partial charge in [0.15, 0.2) is 31.1 Å². The molecule has 0 unspecified atom stereocenters. The van der Waals surface area contributed by atoms with Gasteiger partial charge in [0.25, 0.3) is 0 Å². The molecule has 0 amide bonds. The van der Waals surface area contributed by atoms with Crippen molar-refractivity contribution in [3.05, 3.63) is 0 Å². The van der Waals surface area contributed by atoms with Crippen molar-refractivity contribution in [2.24, 2.45) is 0 Å². The number of alkyl halides is 1. The number of hydrogen-bond donors (Lipinski definition) is 8. The molecule has 0 aliphatic carbocycles. The number of esters is 3. The molecule has 15 atom stereocenters. The van der Waals surface area contributed by atoms with Crippen molar-refractivity contribution < 1.29 is 103 Å². The maximum Gasteiger partial charge on any atom is 0.321 e. The van der Waals surface area contributed by atoms with Gasteiger partial charge in [0, 0.05) is 19.4 Å². The summed E-state index contributed by atoms with van der Waals surface area (Å²) >= 11 is 5.75. The lowest BCUT2D eigenvalue weighted by molar-refractivity contribution is -0.367. The average Bonchev–Trinajstić information content (AvgIpc) is 3.15. The van der Waals surface area contributed by atoms with E-state index in [0.29, 0.717) is 19.3 Å². The highest BCUT2D eigenvalue weighted by atomic mass is 35.5. The summed E-state index contributed by atoms with van der Waals surface area (Å²) in [5, 5.41) is 82.1. The first kappa shape index (κ1) is 46.2. The summed E-state index contributed by atoms with van der Waals surface area (Å²) in [6, 6.07) is 0. The summed E-state index contributed by atoms with van der Waals surface area (Å²) in [5.41, 5.74) is 0. The van der Waals surface area contributed by atoms with E-state index in [0.717, 1.165) is 0 Å². The van der Waals surface area contributed by atoms with Gasteiger partial charge in [-0.2, -0.15) is 0 Å². The van der Waals surface area contributed by atoms with E-state index in [1.165, 1.54) is 14.0 Å². The molecule has 3 aliphatic rings. The quantitative estimate of drug-likeness (QED) is 0.0251. The number of ether oxygens (including phenoxy) is 9. The molecule has 0 radical (unpaired) electrons. The van der Waals surface area contributed by atoms with E-state index in [4.69, 9.17) is 49.5 Å². The van der Waals surface area contributed by atoms with Crippen LogP contribution in [0.2, 0.25) is 0 Å². The van der Waals surface area contributed by atoms with Gasteiger partial charge in [0.2, 0.25) is 0 Å². The fraction of sp³-hybridized carbons (Fsp3) is 0.875. The summed E-state index contributed by atoms with van der Waals surface area (Å²) in [4.78, 5) is 49.0. The van der Waals surface area contributed by atoms with E-state index < -0.39 is 142 Å². The van der Waals surface area contributed by atoms with E-state index >= 15 is 0 Å². The molecule has 3 saturated heterocycles. The summed E-state index contributed by atoms with van der Waals surface area (Å²) < 4.78 is 50.6. The smallest absolute Gasteiger partial charge is 0.321 e. The number of aliphatic hydroxyl groups excluding tert-OH is 8. The fourth-order valence-electron chi connectivity index (χ4n) is 5.82. The number of carbonyl (C=O) groups excluding carboxylic acids is 4. The first-order chi connectivity index (χ1) is 25.7. The molecule has 0 aromatic carbocycles. The summed E-state index contributed by atoms with van der Waals surface area (Å²) in [7, 11) is 1.25. The first-order valence-corrected chi connectivity index (χ1v) is 17.9. The van der Waals surface area contributed by atoms with Crippen molar-refractivity contribution in [3.63, 3.8) is 0 Å². The lowest BCUT2D eigenvalue weighted by Gasteiger charge is -2.48. The van der Waals surface area contributed by atoms with Crippen LogP contribution in [0.15, 0.2) is 0 Å². The predicted molar refractivity (Wildman–Crippen MR) is 174 cm³/mol. The summed E-state index contributed by atoms with van der Waals surface area (Å²) in [6.45, 7) is -1.17. The molecule has 3 rings (SSSR count). The van der Waals surface area contributed by atoms with Crippen LogP contribution in [0.5, 0.6) is 0 Å². The van der Waals surface area contributed by atoms with Gasteiger partial charge in [-0.3, -0.25) is 14.4 Å². The van der Waals surface area contributed by atoms with Gasteiger partial charge in [0.05, 0.1) is 33.4 Å². The number of rotatable bonds is 20. The monoisotopic (exact) mass is 806 g/mol. The van der Waals surface area contributed by atoms with Crippen molar-refractivity contribution in [1.82, 2.24) is 0 Å². The first-order valence-electron chi connectivity index (χ1n) is 17.3. The Kier molecular flexibility index (Phi) is 19.3. The molecular formula is C32H51ClO21. The highest BCUT2D eigenvalue weighted by Gasteiger charge is 2.55. The third-order valence-corrected chi connectivity index (χ3v) is 9.08. The SMILES string of the molecule is COC(=O)CCCCCO[C@@H]1O[C@H](CO[C@H]2O[C@H](CO)[C@@H](O)[C@H](O)[C@H]2O)[C@H](OC(=O)CCC(C)=O)[C@H](O[C@H]2O[C@H](CO)[C@H](O)[C@H](O)[C@H]2O)[C@H]1OC(=O)CCl. The molecule has 0 saturated carbocycles. The molecule has 0 spiro atoms. The molecule has 8 N–H and O–H groups in total.